The molecule has 3 aromatic heterocycles. The Morgan fingerprint density at radius 1 is 0.368 bits per heavy atom. The van der Waals surface area contributed by atoms with Gasteiger partial charge < -0.3 is 0 Å². The molecule has 0 saturated heterocycles. The Bertz CT molecular complexity index is 3360. The van der Waals surface area contributed by atoms with Crippen molar-refractivity contribution in [3.05, 3.63) is 231 Å². The molecule has 0 atom stereocenters. The van der Waals surface area contributed by atoms with Crippen LogP contribution in [-0.4, -0.2) is 48.7 Å². The minimum absolute atomic E-state index is 0.364. The van der Waals surface area contributed by atoms with Crippen LogP contribution in [-0.2, 0) is 0 Å². The number of nitrogens with zero attached hydrogens (tertiary/aromatic N) is 6. The summed E-state index contributed by atoms with van der Waals surface area (Å²) in [6.07, 6.45) is 11.6. The number of pyridine rings is 3. The van der Waals surface area contributed by atoms with E-state index in [9.17, 15) is 0 Å². The van der Waals surface area contributed by atoms with Crippen molar-refractivity contribution in [2.75, 3.05) is 0 Å². The molecule has 13 rings (SSSR count). The summed E-state index contributed by atoms with van der Waals surface area (Å²) in [6, 6.07) is 63.8. The van der Waals surface area contributed by atoms with Crippen LogP contribution in [0.25, 0.3) is 67.2 Å². The highest BCUT2D eigenvalue weighted by Gasteiger charge is 2.64. The third kappa shape index (κ3) is 10.2. The molecule has 9 aromatic rings. The summed E-state index contributed by atoms with van der Waals surface area (Å²) in [5.41, 5.74) is 17.5. The Morgan fingerprint density at radius 2 is 0.645 bits per heavy atom. The average Bonchev–Trinajstić information content (AvgIpc) is 3.53. The number of benzene rings is 6. The minimum atomic E-state index is -0.426. The zero-order chi connectivity index (χ0) is 52.0. The molecular weight excluding hydrogens is 1130 g/mol. The van der Waals surface area contributed by atoms with Gasteiger partial charge in [0, 0.05) is 82.5 Å². The van der Waals surface area contributed by atoms with Crippen LogP contribution in [0.2, 0.25) is 0 Å². The maximum absolute atomic E-state index is 6.02. The van der Waals surface area contributed by atoms with Crippen molar-refractivity contribution in [1.29, 1.82) is 0 Å². The maximum atomic E-state index is 6.02. The monoisotopic (exact) mass is 1180 g/mol. The second-order valence-electron chi connectivity index (χ2n) is 21.2. The third-order valence-corrected chi connectivity index (χ3v) is 17.2. The molecule has 6 nitrogen and oxygen atoms in total. The number of hydrogen-bond acceptors (Lipinski definition) is 6. The molecule has 4 fully saturated rings. The van der Waals surface area contributed by atoms with Gasteiger partial charge in [-0.05, 0) is 153 Å². The lowest BCUT2D eigenvalue weighted by Gasteiger charge is -2.63. The smallest absolute Gasteiger partial charge is 0.0709 e. The molecule has 4 aliphatic carbocycles. The van der Waals surface area contributed by atoms with E-state index in [1.54, 1.807) is 0 Å². The molecule has 9 heteroatoms. The zero-order valence-electron chi connectivity index (χ0n) is 42.7. The first kappa shape index (κ1) is 50.1. The highest BCUT2D eigenvalue weighted by Crippen LogP contribution is 2.64. The van der Waals surface area contributed by atoms with E-state index in [2.05, 4.69) is 251 Å². The standard InChI is InChI=1S/C67H55Br3N6/c1-43(59-37-71-62(50-22-13-25-53(68)28-50)31-56(59)47-16-7-4-8-17-47)74-65-34-46-35-66(40-65,75-44(2)60-38-72-63(51-23-14-26-54(69)29-51)32-57(60)48-18-9-5-10-19-48)42-67(36-46,41-65)76-45(3)61-39-73-64(52-24-15-27-55(70)30-52)33-58(61)49-20-11-6-12-21-49/h4-33,37-39,46H,34-36,40-42H2,1-3H3. The van der Waals surface area contributed by atoms with Gasteiger partial charge in [-0.1, -0.05) is 175 Å². The largest absolute Gasteiger partial charge is 0.283 e. The van der Waals surface area contributed by atoms with E-state index in [4.69, 9.17) is 29.9 Å². The van der Waals surface area contributed by atoms with E-state index in [1.165, 1.54) is 0 Å². The van der Waals surface area contributed by atoms with Gasteiger partial charge in [0.05, 0.1) is 33.7 Å². The normalized spacial score (nSPS) is 21.2. The summed E-state index contributed by atoms with van der Waals surface area (Å²) < 4.78 is 3.06. The predicted octanol–water partition coefficient (Wildman–Crippen LogP) is 18.2. The van der Waals surface area contributed by atoms with E-state index >= 15 is 0 Å². The first-order valence-corrected chi connectivity index (χ1v) is 28.4. The lowest BCUT2D eigenvalue weighted by atomic mass is 9.47. The maximum Gasteiger partial charge on any atom is 0.0709 e. The second-order valence-corrected chi connectivity index (χ2v) is 24.0. The molecule has 0 radical (unpaired) electrons. The first-order valence-electron chi connectivity index (χ1n) is 26.1. The van der Waals surface area contributed by atoms with Gasteiger partial charge in [0.2, 0.25) is 0 Å². The van der Waals surface area contributed by atoms with Gasteiger partial charge in [0.1, 0.15) is 0 Å². The summed E-state index contributed by atoms with van der Waals surface area (Å²) in [4.78, 5) is 33.5. The molecule has 4 aliphatic rings. The van der Waals surface area contributed by atoms with Crippen LogP contribution in [0.5, 0.6) is 0 Å². The zero-order valence-corrected chi connectivity index (χ0v) is 47.4. The highest BCUT2D eigenvalue weighted by atomic mass is 79.9. The fraction of sp³-hybridized carbons (Fsp3) is 0.194. The quantitative estimate of drug-likeness (QED) is 0.114. The number of rotatable bonds is 12. The van der Waals surface area contributed by atoms with Crippen LogP contribution >= 0.6 is 47.8 Å². The predicted molar refractivity (Wildman–Crippen MR) is 324 cm³/mol. The van der Waals surface area contributed by atoms with Gasteiger partial charge in [0.25, 0.3) is 0 Å². The molecule has 0 N–H and O–H groups in total. The van der Waals surface area contributed by atoms with Crippen LogP contribution in [0, 0.1) is 5.92 Å². The fourth-order valence-corrected chi connectivity index (χ4v) is 14.3. The van der Waals surface area contributed by atoms with Crippen LogP contribution in [0.1, 0.15) is 76.0 Å². The molecule has 4 bridgehead atoms. The van der Waals surface area contributed by atoms with Crippen LogP contribution < -0.4 is 0 Å². The van der Waals surface area contributed by atoms with E-state index in [1.807, 2.05) is 18.6 Å². The van der Waals surface area contributed by atoms with Crippen molar-refractivity contribution < 1.29 is 0 Å². The van der Waals surface area contributed by atoms with Gasteiger partial charge in [-0.2, -0.15) is 0 Å². The van der Waals surface area contributed by atoms with Gasteiger partial charge in [-0.3, -0.25) is 29.9 Å². The van der Waals surface area contributed by atoms with Crippen molar-refractivity contribution in [3.8, 4) is 67.2 Å². The van der Waals surface area contributed by atoms with Gasteiger partial charge in [-0.15, -0.1) is 0 Å². The van der Waals surface area contributed by atoms with E-state index in [-0.39, 0.29) is 0 Å². The molecule has 374 valence electrons. The number of aromatic nitrogens is 3. The molecule has 6 aromatic carbocycles. The minimum Gasteiger partial charge on any atom is -0.283 e. The Labute approximate surface area is 471 Å². The Morgan fingerprint density at radius 3 is 0.921 bits per heavy atom. The fourth-order valence-electron chi connectivity index (χ4n) is 13.1. The average molecular weight is 1180 g/mol. The van der Waals surface area contributed by atoms with Crippen molar-refractivity contribution in [1.82, 2.24) is 15.0 Å². The molecule has 3 heterocycles. The van der Waals surface area contributed by atoms with Crippen molar-refractivity contribution in [2.45, 2.75) is 75.9 Å². The van der Waals surface area contributed by atoms with E-state index in [0.717, 1.165) is 153 Å². The number of aliphatic imine (C=N–C) groups is 3. The molecule has 0 amide bonds. The van der Waals surface area contributed by atoms with Crippen molar-refractivity contribution in [2.24, 2.45) is 20.9 Å². The third-order valence-electron chi connectivity index (χ3n) is 15.7. The van der Waals surface area contributed by atoms with Crippen molar-refractivity contribution in [3.63, 3.8) is 0 Å². The molecule has 0 aliphatic heterocycles. The lowest BCUT2D eigenvalue weighted by molar-refractivity contribution is -0.0300. The van der Waals surface area contributed by atoms with Gasteiger partial charge in [0.15, 0.2) is 0 Å². The van der Waals surface area contributed by atoms with Crippen LogP contribution in [0.15, 0.2) is 229 Å². The van der Waals surface area contributed by atoms with E-state index in [0.29, 0.717) is 5.92 Å². The molecule has 0 unspecified atom stereocenters. The lowest BCUT2D eigenvalue weighted by Crippen LogP contribution is -2.64. The van der Waals surface area contributed by atoms with E-state index < -0.39 is 16.6 Å². The number of hydrogen-bond donors (Lipinski definition) is 0. The molecular formula is C67H55Br3N6. The summed E-state index contributed by atoms with van der Waals surface area (Å²) in [5, 5.41) is 0. The second kappa shape index (κ2) is 20.6. The first-order chi connectivity index (χ1) is 36.9. The molecule has 0 spiro atoms. The summed E-state index contributed by atoms with van der Waals surface area (Å²) >= 11 is 11.1. The van der Waals surface area contributed by atoms with Crippen LogP contribution in [0.3, 0.4) is 0 Å². The Kier molecular flexibility index (Phi) is 13.6. The highest BCUT2D eigenvalue weighted by molar-refractivity contribution is 9.11. The van der Waals surface area contributed by atoms with Gasteiger partial charge in [-0.25, -0.2) is 0 Å². The molecule has 76 heavy (non-hydrogen) atoms. The van der Waals surface area contributed by atoms with Crippen molar-refractivity contribution >= 4 is 64.9 Å². The summed E-state index contributed by atoms with van der Waals surface area (Å²) in [6.45, 7) is 6.58. The topological polar surface area (TPSA) is 75.8 Å². The Balaban J connectivity index is 1.01. The number of halogens is 3. The SMILES string of the molecule is CC(=NC12CC3CC(N=C(C)c4cnc(-c5cccc(Br)c5)cc4-c4ccccc4)(C1)CC(N=C(C)c1cnc(-c4cccc(Br)c4)cc1-c1ccccc1)(C3)C2)c1cnc(-c2cccc(Br)c2)cc1-c1ccccc1. The molecule has 4 saturated carbocycles. The summed E-state index contributed by atoms with van der Waals surface area (Å²) in [5.74, 6) is 0.364. The van der Waals surface area contributed by atoms with Gasteiger partial charge >= 0.3 is 0 Å². The summed E-state index contributed by atoms with van der Waals surface area (Å²) in [7, 11) is 0. The Hall–Kier alpha value is -6.78. The van der Waals surface area contributed by atoms with Crippen LogP contribution in [0.4, 0.5) is 0 Å².